The van der Waals surface area contributed by atoms with Gasteiger partial charge in [0.05, 0.1) is 16.7 Å². The third kappa shape index (κ3) is 3.45. The Morgan fingerprint density at radius 2 is 1.69 bits per heavy atom. The molecule has 2 aliphatic rings. The molecule has 0 aliphatic carbocycles. The number of primary amides is 1. The predicted octanol–water partition coefficient (Wildman–Crippen LogP) is 1.61. The molecule has 3 N–H and O–H groups in total. The zero-order chi connectivity index (χ0) is 22.2. The quantitative estimate of drug-likeness (QED) is 0.651. The maximum atomic E-state index is 13.2. The number of benzene rings is 2. The van der Waals surface area contributed by atoms with E-state index in [2.05, 4.69) is 10.1 Å². The number of hydrazone groups is 1. The number of para-hydroxylation sites is 3. The van der Waals surface area contributed by atoms with Gasteiger partial charge in [0.25, 0.3) is 5.91 Å². The third-order valence-corrected chi connectivity index (χ3v) is 6.25. The number of hydrogen-bond acceptors (Lipinski definition) is 5. The lowest BCUT2D eigenvalue weighted by Gasteiger charge is -2.32. The first-order valence-corrected chi connectivity index (χ1v) is 10.7. The third-order valence-electron chi connectivity index (χ3n) is 6.25. The van der Waals surface area contributed by atoms with Gasteiger partial charge in [-0.1, -0.05) is 30.3 Å². The number of nitrogens with zero attached hydrogens (tertiary/aromatic N) is 4. The van der Waals surface area contributed by atoms with Crippen LogP contribution in [0.15, 0.2) is 64.5 Å². The van der Waals surface area contributed by atoms with Crippen molar-refractivity contribution in [1.29, 1.82) is 0 Å². The van der Waals surface area contributed by atoms with Gasteiger partial charge in [0, 0.05) is 25.6 Å². The molecule has 2 amide bonds. The lowest BCUT2D eigenvalue weighted by atomic mass is 10.0. The monoisotopic (exact) mass is 432 g/mol. The highest BCUT2D eigenvalue weighted by Gasteiger charge is 2.37. The van der Waals surface area contributed by atoms with Gasteiger partial charge in [0.2, 0.25) is 5.91 Å². The molecule has 2 aromatic carbocycles. The van der Waals surface area contributed by atoms with Crippen LogP contribution in [-0.4, -0.2) is 51.1 Å². The topological polar surface area (TPSA) is 117 Å². The van der Waals surface area contributed by atoms with Crippen LogP contribution in [0.5, 0.6) is 0 Å². The van der Waals surface area contributed by atoms with Crippen LogP contribution < -0.4 is 16.4 Å². The number of H-pyrrole nitrogens is 1. The molecule has 9 heteroatoms. The largest absolute Gasteiger partial charge is 0.368 e. The second-order valence-electron chi connectivity index (χ2n) is 8.19. The molecule has 2 aliphatic heterocycles. The Hall–Kier alpha value is -3.88. The molecule has 1 aromatic heterocycles. The second kappa shape index (κ2) is 7.99. The Bertz CT molecular complexity index is 1250. The first kappa shape index (κ1) is 20.0. The molecule has 164 valence electrons. The number of aromatic nitrogens is 2. The summed E-state index contributed by atoms with van der Waals surface area (Å²) < 4.78 is 1.80. The van der Waals surface area contributed by atoms with Gasteiger partial charge in [-0.2, -0.15) is 5.10 Å². The highest BCUT2D eigenvalue weighted by Crippen LogP contribution is 2.28. The van der Waals surface area contributed by atoms with E-state index < -0.39 is 11.9 Å². The number of piperidine rings is 1. The van der Waals surface area contributed by atoms with E-state index in [9.17, 15) is 14.4 Å². The van der Waals surface area contributed by atoms with Gasteiger partial charge in [-0.15, -0.1) is 0 Å². The summed E-state index contributed by atoms with van der Waals surface area (Å²) >= 11 is 0. The molecule has 0 spiro atoms. The molecule has 32 heavy (non-hydrogen) atoms. The van der Waals surface area contributed by atoms with Crippen molar-refractivity contribution >= 4 is 34.2 Å². The van der Waals surface area contributed by atoms with E-state index in [1.807, 2.05) is 54.6 Å². The first-order chi connectivity index (χ1) is 15.5. The van der Waals surface area contributed by atoms with E-state index in [0.29, 0.717) is 31.6 Å². The Morgan fingerprint density at radius 3 is 2.41 bits per heavy atom. The van der Waals surface area contributed by atoms with Gasteiger partial charge in [-0.05, 0) is 37.1 Å². The van der Waals surface area contributed by atoms with E-state index in [-0.39, 0.29) is 24.1 Å². The summed E-state index contributed by atoms with van der Waals surface area (Å²) in [6.45, 7) is 1.03. The SMILES string of the molecule is NC(=O)C1CC(C(=O)N2CCC(n3c(=O)[nH]c4ccccc43)CC2)=NN1c1ccccc1. The number of anilines is 1. The van der Waals surface area contributed by atoms with Gasteiger partial charge >= 0.3 is 5.69 Å². The Morgan fingerprint density at radius 1 is 1.00 bits per heavy atom. The zero-order valence-electron chi connectivity index (χ0n) is 17.5. The standard InChI is InChI=1S/C23H24N6O3/c24-21(30)20-14-18(26-29(20)16-6-2-1-3-7-16)22(31)27-12-10-15(11-13-27)28-19-9-5-4-8-17(19)25-23(28)32/h1-9,15,20H,10-14H2,(H2,24,30)(H,25,32). The van der Waals surface area contributed by atoms with Crippen LogP contribution in [0, 0.1) is 0 Å². The molecule has 3 heterocycles. The fourth-order valence-electron chi connectivity index (χ4n) is 4.63. The predicted molar refractivity (Wildman–Crippen MR) is 121 cm³/mol. The molecule has 1 atom stereocenters. The van der Waals surface area contributed by atoms with Gasteiger partial charge < -0.3 is 15.6 Å². The van der Waals surface area contributed by atoms with Crippen LogP contribution in [-0.2, 0) is 9.59 Å². The molecule has 3 aromatic rings. The number of aromatic amines is 1. The summed E-state index contributed by atoms with van der Waals surface area (Å²) in [6, 6.07) is 16.2. The number of carbonyl (C=O) groups is 2. The van der Waals surface area contributed by atoms with Crippen LogP contribution in [0.1, 0.15) is 25.3 Å². The lowest BCUT2D eigenvalue weighted by molar-refractivity contribution is -0.125. The maximum absolute atomic E-state index is 13.2. The molecule has 1 saturated heterocycles. The Balaban J connectivity index is 1.32. The van der Waals surface area contributed by atoms with Gasteiger partial charge in [0.1, 0.15) is 11.8 Å². The van der Waals surface area contributed by atoms with Crippen LogP contribution in [0.4, 0.5) is 5.69 Å². The Labute approximate surface area is 184 Å². The second-order valence-corrected chi connectivity index (χ2v) is 8.19. The minimum absolute atomic E-state index is 0.0207. The molecule has 5 rings (SSSR count). The lowest BCUT2D eigenvalue weighted by Crippen LogP contribution is -2.44. The minimum Gasteiger partial charge on any atom is -0.368 e. The van der Waals surface area contributed by atoms with Gasteiger partial charge in [0.15, 0.2) is 0 Å². The molecular weight excluding hydrogens is 408 g/mol. The normalized spacial score (nSPS) is 19.4. The zero-order valence-corrected chi connectivity index (χ0v) is 17.5. The van der Waals surface area contributed by atoms with Crippen molar-refractivity contribution in [2.24, 2.45) is 10.8 Å². The maximum Gasteiger partial charge on any atom is 0.326 e. The summed E-state index contributed by atoms with van der Waals surface area (Å²) in [6.07, 6.45) is 1.52. The van der Waals surface area contributed by atoms with Gasteiger partial charge in [-0.3, -0.25) is 19.2 Å². The molecule has 0 bridgehead atoms. The van der Waals surface area contributed by atoms with Crippen molar-refractivity contribution in [2.45, 2.75) is 31.3 Å². The number of rotatable bonds is 4. The van der Waals surface area contributed by atoms with E-state index in [1.165, 1.54) is 5.01 Å². The highest BCUT2D eigenvalue weighted by atomic mass is 16.2. The molecule has 1 unspecified atom stereocenters. The number of nitrogens with two attached hydrogens (primary N) is 1. The Kier molecular flexibility index (Phi) is 5.01. The number of hydrogen-bond donors (Lipinski definition) is 2. The number of imidazole rings is 1. The van der Waals surface area contributed by atoms with Crippen LogP contribution in [0.3, 0.4) is 0 Å². The summed E-state index contributed by atoms with van der Waals surface area (Å²) in [5.41, 5.74) is 8.21. The van der Waals surface area contributed by atoms with Crippen molar-refractivity contribution < 1.29 is 9.59 Å². The highest BCUT2D eigenvalue weighted by molar-refractivity contribution is 6.40. The van der Waals surface area contributed by atoms with Crippen molar-refractivity contribution in [3.05, 3.63) is 65.1 Å². The molecule has 0 radical (unpaired) electrons. The minimum atomic E-state index is -0.682. The number of likely N-dealkylation sites (tertiary alicyclic amines) is 1. The fraction of sp³-hybridized carbons (Fsp3) is 0.304. The smallest absolute Gasteiger partial charge is 0.326 e. The van der Waals surface area contributed by atoms with Crippen molar-refractivity contribution in [3.8, 4) is 0 Å². The van der Waals surface area contributed by atoms with Crippen molar-refractivity contribution in [3.63, 3.8) is 0 Å². The molecule has 0 saturated carbocycles. The van der Waals surface area contributed by atoms with Crippen LogP contribution in [0.2, 0.25) is 0 Å². The summed E-state index contributed by atoms with van der Waals surface area (Å²) in [4.78, 5) is 42.3. The fourth-order valence-corrected chi connectivity index (χ4v) is 4.63. The van der Waals surface area contributed by atoms with Crippen molar-refractivity contribution in [1.82, 2.24) is 14.5 Å². The van der Waals surface area contributed by atoms with Crippen molar-refractivity contribution in [2.75, 3.05) is 18.1 Å². The van der Waals surface area contributed by atoms with E-state index >= 15 is 0 Å². The molecular formula is C23H24N6O3. The number of nitrogens with one attached hydrogen (secondary N) is 1. The summed E-state index contributed by atoms with van der Waals surface area (Å²) in [5.74, 6) is -0.697. The van der Waals surface area contributed by atoms with Crippen LogP contribution in [0.25, 0.3) is 11.0 Å². The average molecular weight is 432 g/mol. The number of amides is 2. The molecule has 9 nitrogen and oxygen atoms in total. The van der Waals surface area contributed by atoms with E-state index in [4.69, 9.17) is 5.73 Å². The number of carbonyl (C=O) groups excluding carboxylic acids is 2. The van der Waals surface area contributed by atoms with Gasteiger partial charge in [-0.25, -0.2) is 4.79 Å². The van der Waals surface area contributed by atoms with Crippen LogP contribution >= 0.6 is 0 Å². The van der Waals surface area contributed by atoms with E-state index in [1.54, 1.807) is 9.47 Å². The summed E-state index contributed by atoms with van der Waals surface area (Å²) in [5, 5.41) is 5.99. The summed E-state index contributed by atoms with van der Waals surface area (Å²) in [7, 11) is 0. The first-order valence-electron chi connectivity index (χ1n) is 10.7. The molecule has 1 fully saturated rings. The average Bonchev–Trinajstić information content (AvgIpc) is 3.40. The number of fused-ring (bicyclic) bond motifs is 1. The van der Waals surface area contributed by atoms with E-state index in [0.717, 1.165) is 16.7 Å².